The van der Waals surface area contributed by atoms with Crippen molar-refractivity contribution in [3.05, 3.63) is 53.6 Å². The zero-order valence-electron chi connectivity index (χ0n) is 8.35. The first kappa shape index (κ1) is 9.55. The fourth-order valence-corrected chi connectivity index (χ4v) is 2.17. The molecule has 0 aromatic heterocycles. The van der Waals surface area contributed by atoms with Crippen molar-refractivity contribution in [1.82, 2.24) is 0 Å². The molecule has 1 aromatic rings. The average molecular weight is 230 g/mol. The Kier molecular flexibility index (Phi) is 2.04. The van der Waals surface area contributed by atoms with Gasteiger partial charge in [-0.25, -0.2) is 4.99 Å². The van der Waals surface area contributed by atoms with Gasteiger partial charge in [0.25, 0.3) is 5.91 Å². The summed E-state index contributed by atoms with van der Waals surface area (Å²) >= 11 is 6.04. The van der Waals surface area contributed by atoms with Crippen LogP contribution >= 0.6 is 11.6 Å². The molecule has 0 spiro atoms. The predicted molar refractivity (Wildman–Crippen MR) is 65.0 cm³/mol. The number of carbonyl (C=O) groups excluding carboxylic acids is 1. The first-order chi connectivity index (χ1) is 7.75. The lowest BCUT2D eigenvalue weighted by Gasteiger charge is -2.20. The maximum atomic E-state index is 11.7. The van der Waals surface area contributed by atoms with Gasteiger partial charge in [0.2, 0.25) is 0 Å². The minimum Gasteiger partial charge on any atom is -0.267 e. The van der Waals surface area contributed by atoms with Gasteiger partial charge in [-0.3, -0.25) is 4.79 Å². The van der Waals surface area contributed by atoms with Crippen molar-refractivity contribution in [2.75, 3.05) is 0 Å². The van der Waals surface area contributed by atoms with E-state index in [0.29, 0.717) is 11.3 Å². The van der Waals surface area contributed by atoms with Gasteiger partial charge >= 0.3 is 0 Å². The Morgan fingerprint density at radius 2 is 1.94 bits per heavy atom. The van der Waals surface area contributed by atoms with Crippen molar-refractivity contribution >= 4 is 28.8 Å². The second kappa shape index (κ2) is 3.42. The number of hydrogen-bond acceptors (Lipinski definition) is 1. The number of benzene rings is 1. The lowest BCUT2D eigenvalue weighted by Crippen LogP contribution is -2.17. The largest absolute Gasteiger partial charge is 0.278 e. The molecule has 1 unspecified atom stereocenters. The molecule has 2 nitrogen and oxygen atoms in total. The van der Waals surface area contributed by atoms with E-state index in [0.717, 1.165) is 11.1 Å². The minimum absolute atomic E-state index is 0.129. The van der Waals surface area contributed by atoms with Crippen LogP contribution in [0.15, 0.2) is 47.5 Å². The summed E-state index contributed by atoms with van der Waals surface area (Å²) in [6.07, 6.45) is 5.55. The monoisotopic (exact) mass is 229 g/mol. The average Bonchev–Trinajstić information content (AvgIpc) is 2.31. The SMILES string of the molecule is O=C1N=C2C=CC(Cl)C=C2c2ccccc21. The summed E-state index contributed by atoms with van der Waals surface area (Å²) in [5, 5.41) is -0.129. The number of nitrogens with zero attached hydrogens (tertiary/aromatic N) is 1. The number of rotatable bonds is 0. The van der Waals surface area contributed by atoms with Gasteiger partial charge in [0.15, 0.2) is 0 Å². The first-order valence-electron chi connectivity index (χ1n) is 5.02. The smallest absolute Gasteiger partial charge is 0.267 e. The molecule has 3 rings (SSSR count). The fraction of sp³-hybridized carbons (Fsp3) is 0.0769. The van der Waals surface area contributed by atoms with Gasteiger partial charge in [0.05, 0.1) is 11.1 Å². The summed E-state index contributed by atoms with van der Waals surface area (Å²) < 4.78 is 0. The highest BCUT2D eigenvalue weighted by Gasteiger charge is 2.24. The summed E-state index contributed by atoms with van der Waals surface area (Å²) in [4.78, 5) is 15.8. The second-order valence-corrected chi connectivity index (χ2v) is 4.24. The number of fused-ring (bicyclic) bond motifs is 3. The fourth-order valence-electron chi connectivity index (χ4n) is 1.97. The lowest BCUT2D eigenvalue weighted by atomic mass is 9.89. The topological polar surface area (TPSA) is 29.4 Å². The van der Waals surface area contributed by atoms with E-state index in [9.17, 15) is 4.79 Å². The number of halogens is 1. The molecule has 78 valence electrons. The van der Waals surface area contributed by atoms with Gasteiger partial charge in [-0.05, 0) is 17.7 Å². The Bertz CT molecular complexity index is 569. The van der Waals surface area contributed by atoms with E-state index in [1.165, 1.54) is 0 Å². The van der Waals surface area contributed by atoms with E-state index in [4.69, 9.17) is 11.6 Å². The van der Waals surface area contributed by atoms with Crippen LogP contribution in [0, 0.1) is 0 Å². The Morgan fingerprint density at radius 1 is 1.19 bits per heavy atom. The molecule has 16 heavy (non-hydrogen) atoms. The number of carbonyl (C=O) groups is 1. The highest BCUT2D eigenvalue weighted by Crippen LogP contribution is 2.30. The van der Waals surface area contributed by atoms with Gasteiger partial charge in [0, 0.05) is 11.1 Å². The molecule has 2 aliphatic rings. The van der Waals surface area contributed by atoms with Crippen LogP contribution < -0.4 is 0 Å². The van der Waals surface area contributed by atoms with Crippen LogP contribution in [0.3, 0.4) is 0 Å². The van der Waals surface area contributed by atoms with E-state index in [2.05, 4.69) is 4.99 Å². The molecule has 0 bridgehead atoms. The lowest BCUT2D eigenvalue weighted by molar-refractivity contribution is 0.100. The highest BCUT2D eigenvalue weighted by atomic mass is 35.5. The highest BCUT2D eigenvalue weighted by molar-refractivity contribution is 6.38. The summed E-state index contributed by atoms with van der Waals surface area (Å²) in [5.41, 5.74) is 3.24. The quantitative estimate of drug-likeness (QED) is 0.629. The second-order valence-electron chi connectivity index (χ2n) is 3.73. The molecule has 1 amide bonds. The molecule has 0 fully saturated rings. The molecule has 0 N–H and O–H groups in total. The summed E-state index contributed by atoms with van der Waals surface area (Å²) in [5.74, 6) is -0.180. The van der Waals surface area contributed by atoms with Crippen LogP contribution in [0.25, 0.3) is 5.57 Å². The Morgan fingerprint density at radius 3 is 2.75 bits per heavy atom. The minimum atomic E-state index is -0.180. The molecule has 3 heteroatoms. The van der Waals surface area contributed by atoms with Crippen molar-refractivity contribution < 1.29 is 4.79 Å². The molecular formula is C13H8ClNO. The van der Waals surface area contributed by atoms with Gasteiger partial charge in [0.1, 0.15) is 0 Å². The van der Waals surface area contributed by atoms with Crippen LogP contribution in [0.4, 0.5) is 0 Å². The van der Waals surface area contributed by atoms with Crippen molar-refractivity contribution in [2.24, 2.45) is 4.99 Å². The summed E-state index contributed by atoms with van der Waals surface area (Å²) in [6, 6.07) is 7.48. The Hall–Kier alpha value is -1.67. The van der Waals surface area contributed by atoms with Crippen molar-refractivity contribution in [3.8, 4) is 0 Å². The predicted octanol–water partition coefficient (Wildman–Crippen LogP) is 2.84. The number of amides is 1. The zero-order valence-corrected chi connectivity index (χ0v) is 9.11. The molecule has 0 saturated carbocycles. The van der Waals surface area contributed by atoms with E-state index >= 15 is 0 Å². The third kappa shape index (κ3) is 1.34. The molecule has 0 saturated heterocycles. The van der Waals surface area contributed by atoms with Crippen LogP contribution in [0.5, 0.6) is 0 Å². The molecule has 1 aliphatic carbocycles. The normalized spacial score (nSPS) is 22.1. The number of alkyl halides is 1. The first-order valence-corrected chi connectivity index (χ1v) is 5.46. The summed E-state index contributed by atoms with van der Waals surface area (Å²) in [6.45, 7) is 0. The number of allylic oxidation sites excluding steroid dienone is 4. The maximum Gasteiger partial charge on any atom is 0.278 e. The number of aliphatic imine (C=N–C) groups is 1. The van der Waals surface area contributed by atoms with Crippen molar-refractivity contribution in [3.63, 3.8) is 0 Å². The van der Waals surface area contributed by atoms with Gasteiger partial charge in [-0.2, -0.15) is 0 Å². The molecule has 0 radical (unpaired) electrons. The van der Waals surface area contributed by atoms with Crippen molar-refractivity contribution in [1.29, 1.82) is 0 Å². The van der Waals surface area contributed by atoms with Crippen LogP contribution in [-0.4, -0.2) is 17.0 Å². The van der Waals surface area contributed by atoms with Crippen LogP contribution in [0.2, 0.25) is 0 Å². The van der Waals surface area contributed by atoms with Gasteiger partial charge in [-0.1, -0.05) is 30.4 Å². The van der Waals surface area contributed by atoms with E-state index in [1.807, 2.05) is 30.4 Å². The third-order valence-electron chi connectivity index (χ3n) is 2.71. The van der Waals surface area contributed by atoms with Crippen molar-refractivity contribution in [2.45, 2.75) is 5.38 Å². The van der Waals surface area contributed by atoms with Gasteiger partial charge < -0.3 is 0 Å². The van der Waals surface area contributed by atoms with Gasteiger partial charge in [-0.15, -0.1) is 11.6 Å². The van der Waals surface area contributed by atoms with E-state index in [1.54, 1.807) is 12.1 Å². The van der Waals surface area contributed by atoms with Crippen LogP contribution in [0.1, 0.15) is 15.9 Å². The summed E-state index contributed by atoms with van der Waals surface area (Å²) in [7, 11) is 0. The standard InChI is InChI=1S/C13H8ClNO/c14-8-5-6-12-11(7-8)9-3-1-2-4-10(9)13(16)15-12/h1-8H. The number of hydrogen-bond donors (Lipinski definition) is 0. The maximum absolute atomic E-state index is 11.7. The third-order valence-corrected chi connectivity index (χ3v) is 2.98. The van der Waals surface area contributed by atoms with Crippen LogP contribution in [-0.2, 0) is 0 Å². The van der Waals surface area contributed by atoms with E-state index in [-0.39, 0.29) is 11.3 Å². The molecular weight excluding hydrogens is 222 g/mol. The Labute approximate surface area is 98.0 Å². The molecule has 1 atom stereocenters. The molecule has 1 heterocycles. The molecule has 1 aliphatic heterocycles. The molecule has 1 aromatic carbocycles. The van der Waals surface area contributed by atoms with E-state index < -0.39 is 0 Å². The Balaban J connectivity index is 2.26. The zero-order chi connectivity index (χ0) is 11.1.